The number of nitrogen functional groups attached to an aromatic ring is 1. The van der Waals surface area contributed by atoms with Crippen molar-refractivity contribution >= 4 is 37.6 Å². The zero-order valence-corrected chi connectivity index (χ0v) is 16.5. The summed E-state index contributed by atoms with van der Waals surface area (Å²) in [7, 11) is -3.74. The second-order valence-corrected chi connectivity index (χ2v) is 9.27. The maximum atomic E-state index is 12.8. The molecule has 0 unspecified atom stereocenters. The van der Waals surface area contributed by atoms with Gasteiger partial charge in [0.05, 0.1) is 28.0 Å². The molecule has 0 aliphatic carbocycles. The molecule has 0 bridgehead atoms. The van der Waals surface area contributed by atoms with Crippen molar-refractivity contribution in [2.45, 2.75) is 23.4 Å². The van der Waals surface area contributed by atoms with Gasteiger partial charge in [-0.2, -0.15) is 5.10 Å². The standard InChI is InChI=1S/C19H16N4O3S2/c1-12-22-18(11-27-12)28(25,26)16-5-6-17-14(8-16)9-21-23(19(17)24)10-13-3-2-4-15(20)7-13/h2-9,11H,10,20H2,1H3. The molecular formula is C19H16N4O3S2. The van der Waals surface area contributed by atoms with E-state index in [-0.39, 0.29) is 22.0 Å². The summed E-state index contributed by atoms with van der Waals surface area (Å²) >= 11 is 1.27. The lowest BCUT2D eigenvalue weighted by molar-refractivity contribution is 0.593. The second-order valence-electron chi connectivity index (χ2n) is 6.31. The average Bonchev–Trinajstić information content (AvgIpc) is 3.11. The summed E-state index contributed by atoms with van der Waals surface area (Å²) in [6.45, 7) is 2.02. The van der Waals surface area contributed by atoms with Gasteiger partial charge in [-0.3, -0.25) is 4.79 Å². The Morgan fingerprint density at radius 2 is 2.00 bits per heavy atom. The molecule has 0 fully saturated rings. The highest BCUT2D eigenvalue weighted by atomic mass is 32.2. The largest absolute Gasteiger partial charge is 0.399 e. The van der Waals surface area contributed by atoms with Gasteiger partial charge in [-0.15, -0.1) is 11.3 Å². The van der Waals surface area contributed by atoms with Crippen molar-refractivity contribution in [1.82, 2.24) is 14.8 Å². The van der Waals surface area contributed by atoms with Crippen LogP contribution in [0.15, 0.2) is 68.8 Å². The number of nitrogens with two attached hydrogens (primary N) is 1. The van der Waals surface area contributed by atoms with Crippen LogP contribution in [0.25, 0.3) is 10.8 Å². The van der Waals surface area contributed by atoms with Gasteiger partial charge in [0.15, 0.2) is 5.03 Å². The van der Waals surface area contributed by atoms with Crippen LogP contribution >= 0.6 is 11.3 Å². The summed E-state index contributed by atoms with van der Waals surface area (Å²) in [5.41, 5.74) is 6.94. The maximum Gasteiger partial charge on any atom is 0.274 e. The number of hydrogen-bond acceptors (Lipinski definition) is 7. The van der Waals surface area contributed by atoms with E-state index in [0.717, 1.165) is 5.56 Å². The van der Waals surface area contributed by atoms with Gasteiger partial charge in [-0.05, 0) is 42.8 Å². The Bertz CT molecular complexity index is 1360. The van der Waals surface area contributed by atoms with Crippen LogP contribution in [-0.2, 0) is 16.4 Å². The molecule has 0 saturated heterocycles. The van der Waals surface area contributed by atoms with Crippen molar-refractivity contribution in [2.75, 3.05) is 5.73 Å². The highest BCUT2D eigenvalue weighted by molar-refractivity contribution is 7.91. The Morgan fingerprint density at radius 3 is 2.71 bits per heavy atom. The van der Waals surface area contributed by atoms with E-state index >= 15 is 0 Å². The molecule has 2 heterocycles. The highest BCUT2D eigenvalue weighted by Gasteiger charge is 2.21. The third kappa shape index (κ3) is 3.30. The lowest BCUT2D eigenvalue weighted by Gasteiger charge is -2.08. The Morgan fingerprint density at radius 1 is 1.18 bits per heavy atom. The average molecular weight is 412 g/mol. The van der Waals surface area contributed by atoms with Crippen LogP contribution in [-0.4, -0.2) is 23.2 Å². The number of rotatable bonds is 4. The predicted molar refractivity (Wildman–Crippen MR) is 108 cm³/mol. The van der Waals surface area contributed by atoms with Crippen molar-refractivity contribution in [3.63, 3.8) is 0 Å². The zero-order valence-electron chi connectivity index (χ0n) is 14.9. The number of benzene rings is 2. The van der Waals surface area contributed by atoms with Crippen LogP contribution in [0, 0.1) is 6.92 Å². The predicted octanol–water partition coefficient (Wildman–Crippen LogP) is 2.62. The van der Waals surface area contributed by atoms with Gasteiger partial charge < -0.3 is 5.73 Å². The fourth-order valence-corrected chi connectivity index (χ4v) is 5.11. The molecule has 4 rings (SSSR count). The molecule has 2 aromatic heterocycles. The van der Waals surface area contributed by atoms with Crippen molar-refractivity contribution in [1.29, 1.82) is 0 Å². The number of aryl methyl sites for hydroxylation is 1. The van der Waals surface area contributed by atoms with Crippen LogP contribution in [0.3, 0.4) is 0 Å². The third-order valence-electron chi connectivity index (χ3n) is 4.29. The summed E-state index contributed by atoms with van der Waals surface area (Å²) in [6, 6.07) is 11.6. The molecule has 0 aliphatic rings. The van der Waals surface area contributed by atoms with E-state index in [1.807, 2.05) is 12.1 Å². The molecule has 2 N–H and O–H groups in total. The summed E-state index contributed by atoms with van der Waals surface area (Å²) in [5, 5.41) is 7.24. The number of hydrogen-bond donors (Lipinski definition) is 1. The molecule has 0 spiro atoms. The number of thiazole rings is 1. The van der Waals surface area contributed by atoms with Gasteiger partial charge in [0.1, 0.15) is 0 Å². The van der Waals surface area contributed by atoms with E-state index in [0.29, 0.717) is 21.5 Å². The molecule has 0 radical (unpaired) electrons. The molecule has 0 amide bonds. The van der Waals surface area contributed by atoms with Crippen molar-refractivity contribution in [2.24, 2.45) is 0 Å². The van der Waals surface area contributed by atoms with E-state index in [4.69, 9.17) is 5.73 Å². The van der Waals surface area contributed by atoms with Crippen molar-refractivity contribution in [3.8, 4) is 0 Å². The van der Waals surface area contributed by atoms with Crippen LogP contribution in [0.5, 0.6) is 0 Å². The van der Waals surface area contributed by atoms with Gasteiger partial charge in [0, 0.05) is 16.5 Å². The summed E-state index contributed by atoms with van der Waals surface area (Å²) < 4.78 is 26.8. The number of fused-ring (bicyclic) bond motifs is 1. The first-order chi connectivity index (χ1) is 13.3. The molecule has 2 aromatic carbocycles. The molecule has 0 aliphatic heterocycles. The second kappa shape index (κ2) is 6.84. The molecule has 28 heavy (non-hydrogen) atoms. The van der Waals surface area contributed by atoms with Gasteiger partial charge >= 0.3 is 0 Å². The topological polar surface area (TPSA) is 108 Å². The Kier molecular flexibility index (Phi) is 4.48. The normalized spacial score (nSPS) is 11.8. The quantitative estimate of drug-likeness (QED) is 0.516. The summed E-state index contributed by atoms with van der Waals surface area (Å²) in [4.78, 5) is 16.9. The summed E-state index contributed by atoms with van der Waals surface area (Å²) in [5.74, 6) is 0. The van der Waals surface area contributed by atoms with Gasteiger partial charge in [-0.25, -0.2) is 18.1 Å². The maximum absolute atomic E-state index is 12.8. The molecular weight excluding hydrogens is 396 g/mol. The fraction of sp³-hybridized carbons (Fsp3) is 0.105. The van der Waals surface area contributed by atoms with Crippen LogP contribution in [0.4, 0.5) is 5.69 Å². The van der Waals surface area contributed by atoms with Gasteiger partial charge in [-0.1, -0.05) is 12.1 Å². The lowest BCUT2D eigenvalue weighted by atomic mass is 10.2. The van der Waals surface area contributed by atoms with Crippen LogP contribution in [0.2, 0.25) is 0 Å². The first kappa shape index (κ1) is 18.3. The molecule has 7 nitrogen and oxygen atoms in total. The first-order valence-electron chi connectivity index (χ1n) is 8.36. The molecule has 142 valence electrons. The minimum Gasteiger partial charge on any atom is -0.399 e. The van der Waals surface area contributed by atoms with E-state index < -0.39 is 9.84 Å². The Balaban J connectivity index is 1.75. The molecule has 0 atom stereocenters. The number of anilines is 1. The Hall–Kier alpha value is -3.04. The van der Waals surface area contributed by atoms with Gasteiger partial charge in [0.2, 0.25) is 9.84 Å². The first-order valence-corrected chi connectivity index (χ1v) is 10.7. The third-order valence-corrected chi connectivity index (χ3v) is 6.85. The van der Waals surface area contributed by atoms with Crippen LogP contribution in [0.1, 0.15) is 10.6 Å². The van der Waals surface area contributed by atoms with E-state index in [1.165, 1.54) is 45.8 Å². The molecule has 4 aromatic rings. The van der Waals surface area contributed by atoms with E-state index in [9.17, 15) is 13.2 Å². The fourth-order valence-electron chi connectivity index (χ4n) is 2.90. The van der Waals surface area contributed by atoms with E-state index in [1.54, 1.807) is 19.1 Å². The smallest absolute Gasteiger partial charge is 0.274 e. The monoisotopic (exact) mass is 412 g/mol. The molecule has 0 saturated carbocycles. The number of sulfone groups is 1. The Labute approximate surface area is 165 Å². The van der Waals surface area contributed by atoms with Crippen molar-refractivity contribution < 1.29 is 8.42 Å². The summed E-state index contributed by atoms with van der Waals surface area (Å²) in [6.07, 6.45) is 1.49. The van der Waals surface area contributed by atoms with Crippen molar-refractivity contribution in [3.05, 3.63) is 75.0 Å². The SMILES string of the molecule is Cc1nc(S(=O)(=O)c2ccc3c(=O)n(Cc4cccc(N)c4)ncc3c2)cs1. The number of nitrogens with zero attached hydrogens (tertiary/aromatic N) is 3. The number of aromatic nitrogens is 3. The highest BCUT2D eigenvalue weighted by Crippen LogP contribution is 2.24. The lowest BCUT2D eigenvalue weighted by Crippen LogP contribution is -2.23. The van der Waals surface area contributed by atoms with Crippen LogP contribution < -0.4 is 11.3 Å². The minimum atomic E-state index is -3.74. The molecule has 9 heteroatoms. The van der Waals surface area contributed by atoms with Gasteiger partial charge in [0.25, 0.3) is 5.56 Å². The zero-order chi connectivity index (χ0) is 19.9. The van der Waals surface area contributed by atoms with E-state index in [2.05, 4.69) is 10.1 Å². The minimum absolute atomic E-state index is 0.0114.